The molecule has 1 aromatic carbocycles. The second kappa shape index (κ2) is 14.1. The molecule has 0 aromatic heterocycles. The van der Waals surface area contributed by atoms with Crippen LogP contribution in [0.4, 0.5) is 0 Å². The average Bonchev–Trinajstić information content (AvgIpc) is 2.61. The van der Waals surface area contributed by atoms with Gasteiger partial charge in [-0.2, -0.15) is 0 Å². The first kappa shape index (κ1) is 26.1. The van der Waals surface area contributed by atoms with Crippen molar-refractivity contribution >= 4 is 29.9 Å². The SMILES string of the molecule is CCNC(=NCC(O)c1ccc(C(C)(C)C)cc1)NCCOCCOC.I. The molecule has 6 nitrogen and oxygen atoms in total. The van der Waals surface area contributed by atoms with Crippen LogP contribution in [0.2, 0.25) is 0 Å². The summed E-state index contributed by atoms with van der Waals surface area (Å²) in [7, 11) is 1.65. The normalized spacial score (nSPS) is 13.0. The molecule has 0 aliphatic carbocycles. The minimum Gasteiger partial charge on any atom is -0.386 e. The standard InChI is InChI=1S/C20H35N3O3.HI/c1-6-21-19(22-11-12-26-14-13-25-5)23-15-18(24)16-7-9-17(10-8-16)20(2,3)4;/h7-10,18,24H,6,11-15H2,1-5H3,(H2,21,22,23);1H. The molecule has 0 bridgehead atoms. The number of benzene rings is 1. The lowest BCUT2D eigenvalue weighted by Gasteiger charge is -2.20. The van der Waals surface area contributed by atoms with E-state index < -0.39 is 6.10 Å². The number of aliphatic imine (C=N–C) groups is 1. The van der Waals surface area contributed by atoms with Gasteiger partial charge >= 0.3 is 0 Å². The van der Waals surface area contributed by atoms with Crippen molar-refractivity contribution in [1.29, 1.82) is 0 Å². The van der Waals surface area contributed by atoms with E-state index >= 15 is 0 Å². The molecule has 0 aliphatic heterocycles. The van der Waals surface area contributed by atoms with E-state index in [0.29, 0.717) is 38.9 Å². The summed E-state index contributed by atoms with van der Waals surface area (Å²) in [5.74, 6) is 0.674. The highest BCUT2D eigenvalue weighted by atomic mass is 127. The molecule has 0 radical (unpaired) electrons. The third-order valence-electron chi connectivity index (χ3n) is 3.90. The number of nitrogens with one attached hydrogen (secondary N) is 2. The smallest absolute Gasteiger partial charge is 0.191 e. The van der Waals surface area contributed by atoms with Crippen LogP contribution in [0.25, 0.3) is 0 Å². The van der Waals surface area contributed by atoms with Gasteiger partial charge < -0.3 is 25.2 Å². The Morgan fingerprint density at radius 1 is 1.11 bits per heavy atom. The van der Waals surface area contributed by atoms with Gasteiger partial charge in [0, 0.05) is 20.2 Å². The van der Waals surface area contributed by atoms with E-state index in [1.54, 1.807) is 7.11 Å². The first-order chi connectivity index (χ1) is 12.4. The fraction of sp³-hybridized carbons (Fsp3) is 0.650. The lowest BCUT2D eigenvalue weighted by Crippen LogP contribution is -2.39. The fourth-order valence-corrected chi connectivity index (χ4v) is 2.32. The van der Waals surface area contributed by atoms with E-state index in [0.717, 1.165) is 12.1 Å². The number of methoxy groups -OCH3 is 1. The summed E-state index contributed by atoms with van der Waals surface area (Å²) in [6.07, 6.45) is -0.627. The third-order valence-corrected chi connectivity index (χ3v) is 3.90. The van der Waals surface area contributed by atoms with Crippen molar-refractivity contribution < 1.29 is 14.6 Å². The van der Waals surface area contributed by atoms with Crippen molar-refractivity contribution in [2.24, 2.45) is 4.99 Å². The maximum absolute atomic E-state index is 10.4. The molecular formula is C20H36IN3O3. The number of nitrogens with zero attached hydrogens (tertiary/aromatic N) is 1. The molecule has 1 unspecified atom stereocenters. The fourth-order valence-electron chi connectivity index (χ4n) is 2.32. The maximum Gasteiger partial charge on any atom is 0.191 e. The van der Waals surface area contributed by atoms with Crippen molar-refractivity contribution in [2.45, 2.75) is 39.2 Å². The van der Waals surface area contributed by atoms with E-state index in [9.17, 15) is 5.11 Å². The Kier molecular flexibility index (Phi) is 13.7. The van der Waals surface area contributed by atoms with Crippen molar-refractivity contribution in [2.75, 3.05) is 46.6 Å². The van der Waals surface area contributed by atoms with Gasteiger partial charge in [-0.25, -0.2) is 0 Å². The Morgan fingerprint density at radius 3 is 2.33 bits per heavy atom. The molecular weight excluding hydrogens is 457 g/mol. The van der Waals surface area contributed by atoms with Crippen LogP contribution in [0.3, 0.4) is 0 Å². The van der Waals surface area contributed by atoms with Gasteiger partial charge in [0.05, 0.1) is 32.5 Å². The molecule has 0 fully saturated rings. The van der Waals surface area contributed by atoms with Crippen molar-refractivity contribution in [1.82, 2.24) is 10.6 Å². The molecule has 156 valence electrons. The Labute approximate surface area is 181 Å². The predicted molar refractivity (Wildman–Crippen MR) is 122 cm³/mol. The molecule has 1 rings (SSSR count). The zero-order valence-electron chi connectivity index (χ0n) is 17.2. The van der Waals surface area contributed by atoms with Gasteiger partial charge in [-0.1, -0.05) is 45.0 Å². The lowest BCUT2D eigenvalue weighted by molar-refractivity contribution is 0.0733. The summed E-state index contributed by atoms with van der Waals surface area (Å²) < 4.78 is 10.3. The molecule has 0 amide bonds. The Bertz CT molecular complexity index is 530. The Balaban J connectivity index is 0.00000676. The number of hydrogen-bond donors (Lipinski definition) is 3. The van der Waals surface area contributed by atoms with Gasteiger partial charge in [0.2, 0.25) is 0 Å². The largest absolute Gasteiger partial charge is 0.386 e. The summed E-state index contributed by atoms with van der Waals surface area (Å²) >= 11 is 0. The number of ether oxygens (including phenoxy) is 2. The van der Waals surface area contributed by atoms with Crippen LogP contribution in [-0.2, 0) is 14.9 Å². The van der Waals surface area contributed by atoms with E-state index in [2.05, 4.69) is 48.5 Å². The molecule has 3 N–H and O–H groups in total. The molecule has 7 heteroatoms. The first-order valence-electron chi connectivity index (χ1n) is 9.25. The van der Waals surface area contributed by atoms with Crippen LogP contribution in [0.5, 0.6) is 0 Å². The molecule has 0 saturated heterocycles. The van der Waals surface area contributed by atoms with Crippen LogP contribution < -0.4 is 10.6 Å². The van der Waals surface area contributed by atoms with Crippen LogP contribution >= 0.6 is 24.0 Å². The molecule has 0 heterocycles. The van der Waals surface area contributed by atoms with Crippen LogP contribution in [0.1, 0.15) is 44.9 Å². The van der Waals surface area contributed by atoms with Crippen LogP contribution in [0.15, 0.2) is 29.3 Å². The predicted octanol–water partition coefficient (Wildman–Crippen LogP) is 2.85. The molecule has 0 aliphatic rings. The van der Waals surface area contributed by atoms with Gasteiger partial charge in [-0.15, -0.1) is 24.0 Å². The highest BCUT2D eigenvalue weighted by Crippen LogP contribution is 2.24. The first-order valence-corrected chi connectivity index (χ1v) is 9.25. The van der Waals surface area contributed by atoms with E-state index in [1.165, 1.54) is 5.56 Å². The van der Waals surface area contributed by atoms with E-state index in [4.69, 9.17) is 9.47 Å². The number of aliphatic hydroxyl groups is 1. The number of hydrogen-bond acceptors (Lipinski definition) is 4. The van der Waals surface area contributed by atoms with Crippen molar-refractivity contribution in [3.05, 3.63) is 35.4 Å². The Hall–Kier alpha value is -0.900. The van der Waals surface area contributed by atoms with Gasteiger partial charge in [-0.3, -0.25) is 4.99 Å². The molecule has 27 heavy (non-hydrogen) atoms. The minimum atomic E-state index is -0.627. The van der Waals surface area contributed by atoms with Gasteiger partial charge in [0.25, 0.3) is 0 Å². The number of halogens is 1. The number of rotatable bonds is 10. The second-order valence-electron chi connectivity index (χ2n) is 7.14. The van der Waals surface area contributed by atoms with Crippen molar-refractivity contribution in [3.8, 4) is 0 Å². The quantitative estimate of drug-likeness (QED) is 0.202. The molecule has 0 saturated carbocycles. The minimum absolute atomic E-state index is 0. The topological polar surface area (TPSA) is 75.1 Å². The van der Waals surface area contributed by atoms with E-state index in [1.807, 2.05) is 19.1 Å². The number of guanidine groups is 1. The molecule has 1 aromatic rings. The zero-order valence-corrected chi connectivity index (χ0v) is 19.6. The second-order valence-corrected chi connectivity index (χ2v) is 7.14. The maximum atomic E-state index is 10.4. The summed E-state index contributed by atoms with van der Waals surface area (Å²) in [6, 6.07) is 8.10. The summed E-state index contributed by atoms with van der Waals surface area (Å²) in [4.78, 5) is 4.46. The highest BCUT2D eigenvalue weighted by Gasteiger charge is 2.14. The lowest BCUT2D eigenvalue weighted by atomic mass is 9.86. The zero-order chi connectivity index (χ0) is 19.4. The monoisotopic (exact) mass is 493 g/mol. The highest BCUT2D eigenvalue weighted by molar-refractivity contribution is 14.0. The summed E-state index contributed by atoms with van der Waals surface area (Å²) in [6.45, 7) is 12.0. The summed E-state index contributed by atoms with van der Waals surface area (Å²) in [5, 5.41) is 16.8. The Morgan fingerprint density at radius 2 is 1.78 bits per heavy atom. The molecule has 0 spiro atoms. The summed E-state index contributed by atoms with van der Waals surface area (Å²) in [5.41, 5.74) is 2.23. The van der Waals surface area contributed by atoms with Crippen LogP contribution in [0, 0.1) is 0 Å². The van der Waals surface area contributed by atoms with Gasteiger partial charge in [0.1, 0.15) is 0 Å². The third kappa shape index (κ3) is 10.9. The van der Waals surface area contributed by atoms with Gasteiger partial charge in [-0.05, 0) is 23.5 Å². The van der Waals surface area contributed by atoms with Crippen LogP contribution in [-0.4, -0.2) is 57.6 Å². The van der Waals surface area contributed by atoms with E-state index in [-0.39, 0.29) is 29.4 Å². The van der Waals surface area contributed by atoms with Gasteiger partial charge in [0.15, 0.2) is 5.96 Å². The van der Waals surface area contributed by atoms with Crippen molar-refractivity contribution in [3.63, 3.8) is 0 Å². The molecule has 1 atom stereocenters. The average molecular weight is 493 g/mol. The number of aliphatic hydroxyl groups excluding tert-OH is 1.